The predicted molar refractivity (Wildman–Crippen MR) is 168 cm³/mol. The van der Waals surface area contributed by atoms with Gasteiger partial charge < -0.3 is 8.60 Å². The van der Waals surface area contributed by atoms with Crippen molar-refractivity contribution in [2.75, 3.05) is 11.4 Å². The van der Waals surface area contributed by atoms with Gasteiger partial charge in [0.25, 0.3) is 10.0 Å². The number of rotatable bonds is 9. The summed E-state index contributed by atoms with van der Waals surface area (Å²) in [7, 11) is -6.62. The summed E-state index contributed by atoms with van der Waals surface area (Å²) in [6.07, 6.45) is 6.34. The number of hydrogen-bond donors (Lipinski definition) is 0. The number of sulfonamides is 1. The van der Waals surface area contributed by atoms with E-state index in [1.807, 2.05) is 6.07 Å². The van der Waals surface area contributed by atoms with Crippen LogP contribution in [0.3, 0.4) is 0 Å². The molecule has 0 aliphatic heterocycles. The summed E-state index contributed by atoms with van der Waals surface area (Å²) in [5.74, 6) is 0.0385. The average molecular weight is 634 g/mol. The molecule has 4 aromatic rings. The normalized spacial score (nSPS) is 16.3. The van der Waals surface area contributed by atoms with Crippen LogP contribution in [0.2, 0.25) is 0 Å². The molecule has 6 rings (SSSR count). The molecule has 0 bridgehead atoms. The Morgan fingerprint density at radius 2 is 1.43 bits per heavy atom. The molecule has 1 heterocycles. The van der Waals surface area contributed by atoms with E-state index in [0.717, 1.165) is 38.5 Å². The molecule has 1 unspecified atom stereocenters. The Balaban J connectivity index is 1.49. The predicted octanol–water partition coefficient (Wildman–Crippen LogP) is 6.43. The highest BCUT2D eigenvalue weighted by atomic mass is 32.2. The second-order valence-electron chi connectivity index (χ2n) is 11.5. The Morgan fingerprint density at radius 3 is 2.09 bits per heavy atom. The third-order valence-corrected chi connectivity index (χ3v) is 11.5. The molecule has 0 saturated heterocycles. The molecule has 2 aliphatic rings. The van der Waals surface area contributed by atoms with Gasteiger partial charge in [0.2, 0.25) is 0 Å². The van der Waals surface area contributed by atoms with Crippen LogP contribution >= 0.6 is 0 Å². The van der Waals surface area contributed by atoms with E-state index >= 15 is 0 Å². The van der Waals surface area contributed by atoms with Crippen LogP contribution in [-0.4, -0.2) is 23.9 Å². The quantitative estimate of drug-likeness (QED) is 0.195. The van der Waals surface area contributed by atoms with Gasteiger partial charge in [-0.25, -0.2) is 13.2 Å². The number of aryl methyl sites for hydroxylation is 1. The summed E-state index contributed by atoms with van der Waals surface area (Å²) >= 11 is 0. The molecule has 3 aromatic carbocycles. The third kappa shape index (κ3) is 6.05. The van der Waals surface area contributed by atoms with E-state index in [4.69, 9.17) is 8.60 Å². The van der Waals surface area contributed by atoms with Gasteiger partial charge in [-0.1, -0.05) is 61.4 Å². The number of nitrogens with zero attached hydrogens (tertiary/aromatic N) is 1. The second-order valence-corrected chi connectivity index (χ2v) is 15.0. The molecule has 8 nitrogen and oxygen atoms in total. The number of fused-ring (bicyclic) bond motifs is 1. The highest BCUT2D eigenvalue weighted by Crippen LogP contribution is 2.50. The maximum Gasteiger partial charge on any atom is 0.343 e. The molecule has 0 radical (unpaired) electrons. The molecular weight excluding hydrogens is 599 g/mol. The topological polar surface area (TPSA) is 111 Å². The molecule has 1 aromatic heterocycles. The third-order valence-electron chi connectivity index (χ3n) is 8.50. The summed E-state index contributed by atoms with van der Waals surface area (Å²) < 4.78 is 67.2. The van der Waals surface area contributed by atoms with Crippen molar-refractivity contribution in [2.45, 2.75) is 67.1 Å². The van der Waals surface area contributed by atoms with Crippen molar-refractivity contribution >= 4 is 25.8 Å². The minimum absolute atomic E-state index is 0.00324. The first-order chi connectivity index (χ1) is 21.2. The van der Waals surface area contributed by atoms with Crippen molar-refractivity contribution in [1.82, 2.24) is 0 Å². The van der Waals surface area contributed by atoms with Crippen LogP contribution in [0.4, 0.5) is 5.69 Å². The molecule has 10 heteroatoms. The fraction of sp³-hybridized carbons (Fsp3) is 0.324. The fourth-order valence-electron chi connectivity index (χ4n) is 6.02. The van der Waals surface area contributed by atoms with Crippen molar-refractivity contribution in [2.24, 2.45) is 5.92 Å². The monoisotopic (exact) mass is 633 g/mol. The lowest BCUT2D eigenvalue weighted by atomic mass is 9.85. The van der Waals surface area contributed by atoms with Gasteiger partial charge in [-0.15, -0.1) is 0 Å². The van der Waals surface area contributed by atoms with E-state index in [1.165, 1.54) is 23.5 Å². The van der Waals surface area contributed by atoms with Gasteiger partial charge in [0.1, 0.15) is 10.7 Å². The Morgan fingerprint density at radius 1 is 0.795 bits per heavy atom. The van der Waals surface area contributed by atoms with Crippen LogP contribution in [0.15, 0.2) is 104 Å². The molecule has 0 N–H and O–H groups in total. The van der Waals surface area contributed by atoms with Crippen LogP contribution < -0.4 is 14.1 Å². The number of anilines is 1. The molecule has 1 atom stereocenters. The van der Waals surface area contributed by atoms with Crippen molar-refractivity contribution in [3.8, 4) is 5.75 Å². The van der Waals surface area contributed by atoms with Crippen molar-refractivity contribution in [1.29, 1.82) is 0 Å². The van der Waals surface area contributed by atoms with Crippen LogP contribution in [0.25, 0.3) is 0 Å². The van der Waals surface area contributed by atoms with Crippen LogP contribution in [0, 0.1) is 5.92 Å². The van der Waals surface area contributed by atoms with Crippen molar-refractivity contribution in [3.63, 3.8) is 0 Å². The summed E-state index contributed by atoms with van der Waals surface area (Å²) in [5, 5.41) is 0. The minimum Gasteiger partial charge on any atom is -0.427 e. The largest absolute Gasteiger partial charge is 0.427 e. The smallest absolute Gasteiger partial charge is 0.343 e. The Bertz CT molecular complexity index is 1920. The zero-order chi connectivity index (χ0) is 30.9. The van der Waals surface area contributed by atoms with Gasteiger partial charge in [0.05, 0.1) is 16.1 Å². The summed E-state index contributed by atoms with van der Waals surface area (Å²) in [4.78, 5) is 14.1. The highest BCUT2D eigenvalue weighted by molar-refractivity contribution is 7.92. The second kappa shape index (κ2) is 12.2. The first-order valence-corrected chi connectivity index (χ1v) is 17.8. The molecule has 0 spiro atoms. The molecule has 44 heavy (non-hydrogen) atoms. The summed E-state index contributed by atoms with van der Waals surface area (Å²) in [5.41, 5.74) is 1.31. The van der Waals surface area contributed by atoms with Crippen LogP contribution in [-0.2, 0) is 33.0 Å². The van der Waals surface area contributed by atoms with Gasteiger partial charge in [0, 0.05) is 24.9 Å². The first kappa shape index (κ1) is 30.1. The number of hydrogen-bond acceptors (Lipinski definition) is 7. The van der Waals surface area contributed by atoms with E-state index in [0.29, 0.717) is 35.4 Å². The summed E-state index contributed by atoms with van der Waals surface area (Å²) in [6.45, 7) is 0. The minimum atomic E-state index is -4.27. The van der Waals surface area contributed by atoms with E-state index in [-0.39, 0.29) is 27.0 Å². The first-order valence-electron chi connectivity index (χ1n) is 15.0. The SMILES string of the molecule is CN(c1cccc(C(c2c(OS(=O)(=O)c3ccccc3)c3c(oc2=O)CCCCCC3)C2CC2)c1)S(=O)(=O)c1ccccc1. The lowest BCUT2D eigenvalue weighted by Gasteiger charge is -2.25. The lowest BCUT2D eigenvalue weighted by molar-refractivity contribution is 0.399. The van der Waals surface area contributed by atoms with E-state index in [9.17, 15) is 21.6 Å². The maximum atomic E-state index is 13.9. The lowest BCUT2D eigenvalue weighted by Crippen LogP contribution is -2.27. The maximum absolute atomic E-state index is 13.9. The average Bonchev–Trinajstić information content (AvgIpc) is 3.86. The van der Waals surface area contributed by atoms with Crippen molar-refractivity contribution in [3.05, 3.63) is 118 Å². The zero-order valence-electron chi connectivity index (χ0n) is 24.5. The van der Waals surface area contributed by atoms with Crippen molar-refractivity contribution < 1.29 is 25.4 Å². The molecule has 1 fully saturated rings. The van der Waals surface area contributed by atoms with Crippen LogP contribution in [0.1, 0.15) is 66.9 Å². The van der Waals surface area contributed by atoms with E-state index < -0.39 is 31.7 Å². The summed E-state index contributed by atoms with van der Waals surface area (Å²) in [6, 6.07) is 23.2. The fourth-order valence-corrected chi connectivity index (χ4v) is 8.23. The Kier molecular flexibility index (Phi) is 8.39. The van der Waals surface area contributed by atoms with E-state index in [1.54, 1.807) is 66.7 Å². The highest BCUT2D eigenvalue weighted by Gasteiger charge is 2.40. The molecule has 0 amide bonds. The number of benzene rings is 3. The molecule has 1 saturated carbocycles. The standard InChI is InChI=1S/C34H35NO7S2/c1-35(43(37,38)27-15-6-4-7-16-27)26-14-12-13-25(23-26)31(24-21-22-24)32-33(42-44(39,40)28-17-8-5-9-18-28)29-19-10-2-3-11-20-30(29)41-34(32)36/h4-9,12-18,23-24,31H,2-3,10-11,19-22H2,1H3. The van der Waals surface area contributed by atoms with Gasteiger partial charge in [-0.3, -0.25) is 4.31 Å². The van der Waals surface area contributed by atoms with Gasteiger partial charge in [0.15, 0.2) is 5.75 Å². The Labute approximate surface area is 258 Å². The van der Waals surface area contributed by atoms with Gasteiger partial charge in [-0.2, -0.15) is 8.42 Å². The molecule has 2 aliphatic carbocycles. The van der Waals surface area contributed by atoms with E-state index in [2.05, 4.69) is 0 Å². The molecule has 230 valence electrons. The van der Waals surface area contributed by atoms with Gasteiger partial charge in [-0.05, 0) is 80.0 Å². The van der Waals surface area contributed by atoms with Crippen LogP contribution in [0.5, 0.6) is 5.75 Å². The zero-order valence-corrected chi connectivity index (χ0v) is 26.1. The molecular formula is C34H35NO7S2. The Hall–Kier alpha value is -3.89. The van der Waals surface area contributed by atoms with Gasteiger partial charge >= 0.3 is 15.7 Å².